The maximum atomic E-state index is 11.4. The summed E-state index contributed by atoms with van der Waals surface area (Å²) < 4.78 is 1.91. The molecule has 0 saturated heterocycles. The van der Waals surface area contributed by atoms with Crippen LogP contribution < -0.4 is 10.6 Å². The summed E-state index contributed by atoms with van der Waals surface area (Å²) in [7, 11) is 1.88. The van der Waals surface area contributed by atoms with Gasteiger partial charge in [0.05, 0.1) is 6.54 Å². The van der Waals surface area contributed by atoms with Crippen LogP contribution in [0.2, 0.25) is 0 Å². The molecule has 6 nitrogen and oxygen atoms in total. The lowest BCUT2D eigenvalue weighted by Crippen LogP contribution is -2.25. The number of nitrogens with zero attached hydrogens (tertiary/aromatic N) is 3. The van der Waals surface area contributed by atoms with Gasteiger partial charge >= 0.3 is 0 Å². The fourth-order valence-electron chi connectivity index (χ4n) is 1.37. The number of nitrogens with one attached hydrogen (secondary N) is 2. The van der Waals surface area contributed by atoms with E-state index < -0.39 is 0 Å². The zero-order valence-electron chi connectivity index (χ0n) is 9.86. The highest BCUT2D eigenvalue weighted by molar-refractivity contribution is 5.75. The Hall–Kier alpha value is -1.43. The van der Waals surface area contributed by atoms with Crippen LogP contribution in [0.5, 0.6) is 0 Å². The second kappa shape index (κ2) is 6.95. The van der Waals surface area contributed by atoms with Gasteiger partial charge < -0.3 is 15.2 Å². The van der Waals surface area contributed by atoms with E-state index in [0.29, 0.717) is 13.0 Å². The molecule has 1 aromatic rings. The number of aryl methyl sites for hydroxylation is 1. The largest absolute Gasteiger partial charge is 0.349 e. The average molecular weight is 225 g/mol. The first-order valence-corrected chi connectivity index (χ1v) is 5.56. The number of hydrogen-bond acceptors (Lipinski definition) is 4. The smallest absolute Gasteiger partial charge is 0.220 e. The number of amides is 1. The maximum absolute atomic E-state index is 11.4. The minimum absolute atomic E-state index is 0.0564. The molecule has 0 fully saturated rings. The van der Waals surface area contributed by atoms with E-state index in [1.54, 1.807) is 6.33 Å². The summed E-state index contributed by atoms with van der Waals surface area (Å²) >= 11 is 0. The first-order valence-electron chi connectivity index (χ1n) is 5.56. The number of carbonyl (C=O) groups is 1. The summed E-state index contributed by atoms with van der Waals surface area (Å²) in [5.41, 5.74) is 0. The van der Waals surface area contributed by atoms with Crippen molar-refractivity contribution in [1.82, 2.24) is 25.4 Å². The van der Waals surface area contributed by atoms with Crippen molar-refractivity contribution in [2.75, 3.05) is 13.6 Å². The van der Waals surface area contributed by atoms with Crippen LogP contribution >= 0.6 is 0 Å². The third kappa shape index (κ3) is 3.98. The monoisotopic (exact) mass is 225 g/mol. The molecule has 1 heterocycles. The van der Waals surface area contributed by atoms with E-state index in [1.165, 1.54) is 0 Å². The third-order valence-electron chi connectivity index (χ3n) is 2.31. The minimum atomic E-state index is 0.0564. The molecule has 16 heavy (non-hydrogen) atoms. The molecule has 0 atom stereocenters. The van der Waals surface area contributed by atoms with Crippen molar-refractivity contribution in [3.8, 4) is 0 Å². The Bertz CT molecular complexity index is 323. The normalized spacial score (nSPS) is 10.4. The topological polar surface area (TPSA) is 71.8 Å². The van der Waals surface area contributed by atoms with Gasteiger partial charge in [-0.2, -0.15) is 0 Å². The van der Waals surface area contributed by atoms with Crippen LogP contribution in [0.25, 0.3) is 0 Å². The number of carbonyl (C=O) groups excluding carboxylic acids is 1. The Kier molecular flexibility index (Phi) is 5.49. The fraction of sp³-hybridized carbons (Fsp3) is 0.700. The molecular formula is C10H19N5O. The van der Waals surface area contributed by atoms with Crippen molar-refractivity contribution in [3.63, 3.8) is 0 Å². The van der Waals surface area contributed by atoms with Crippen molar-refractivity contribution in [1.29, 1.82) is 0 Å². The minimum Gasteiger partial charge on any atom is -0.349 e. The van der Waals surface area contributed by atoms with Crippen molar-refractivity contribution >= 4 is 5.91 Å². The van der Waals surface area contributed by atoms with Crippen LogP contribution in [0.4, 0.5) is 0 Å². The average Bonchev–Trinajstić information content (AvgIpc) is 2.74. The molecule has 90 valence electrons. The molecule has 0 aliphatic heterocycles. The van der Waals surface area contributed by atoms with Gasteiger partial charge in [-0.3, -0.25) is 4.79 Å². The summed E-state index contributed by atoms with van der Waals surface area (Å²) in [4.78, 5) is 11.4. The summed E-state index contributed by atoms with van der Waals surface area (Å²) in [6.07, 6.45) is 3.06. The van der Waals surface area contributed by atoms with Gasteiger partial charge in [0.15, 0.2) is 5.82 Å². The maximum Gasteiger partial charge on any atom is 0.220 e. The highest BCUT2D eigenvalue weighted by Crippen LogP contribution is 1.95. The lowest BCUT2D eigenvalue weighted by atomic mass is 10.3. The third-order valence-corrected chi connectivity index (χ3v) is 2.31. The predicted molar refractivity (Wildman–Crippen MR) is 60.7 cm³/mol. The van der Waals surface area contributed by atoms with E-state index in [2.05, 4.69) is 20.8 Å². The van der Waals surface area contributed by atoms with Gasteiger partial charge in [-0.1, -0.05) is 0 Å². The highest BCUT2D eigenvalue weighted by Gasteiger charge is 2.05. The Morgan fingerprint density at radius 1 is 1.56 bits per heavy atom. The van der Waals surface area contributed by atoms with Crippen LogP contribution in [0.3, 0.4) is 0 Å². The zero-order valence-corrected chi connectivity index (χ0v) is 9.86. The first-order chi connectivity index (χ1) is 7.77. The lowest BCUT2D eigenvalue weighted by Gasteiger charge is -2.05. The molecule has 0 unspecified atom stereocenters. The Labute approximate surface area is 95.4 Å². The van der Waals surface area contributed by atoms with Gasteiger partial charge in [0.1, 0.15) is 6.33 Å². The molecule has 0 aromatic carbocycles. The second-order valence-corrected chi connectivity index (χ2v) is 3.52. The van der Waals surface area contributed by atoms with Gasteiger partial charge in [0, 0.05) is 13.0 Å². The fourth-order valence-corrected chi connectivity index (χ4v) is 1.37. The first kappa shape index (κ1) is 12.6. The van der Waals surface area contributed by atoms with E-state index >= 15 is 0 Å². The van der Waals surface area contributed by atoms with Crippen LogP contribution in [0.1, 0.15) is 25.6 Å². The van der Waals surface area contributed by atoms with Gasteiger partial charge in [0.25, 0.3) is 0 Å². The highest BCUT2D eigenvalue weighted by atomic mass is 16.1. The molecule has 0 aliphatic carbocycles. The molecular weight excluding hydrogens is 206 g/mol. The standard InChI is InChI=1S/C10H19N5O/c1-3-15-8-13-14-9(15)7-12-10(16)5-4-6-11-2/h8,11H,3-7H2,1-2H3,(H,12,16). The molecule has 0 saturated carbocycles. The van der Waals surface area contributed by atoms with Crippen LogP contribution in [-0.4, -0.2) is 34.3 Å². The molecule has 1 aromatic heterocycles. The van der Waals surface area contributed by atoms with Gasteiger partial charge in [-0.15, -0.1) is 10.2 Å². The van der Waals surface area contributed by atoms with E-state index in [0.717, 1.165) is 25.3 Å². The molecule has 0 radical (unpaired) electrons. The van der Waals surface area contributed by atoms with Gasteiger partial charge in [-0.05, 0) is 26.9 Å². The molecule has 6 heteroatoms. The molecule has 1 amide bonds. The summed E-state index contributed by atoms with van der Waals surface area (Å²) in [6, 6.07) is 0. The van der Waals surface area contributed by atoms with E-state index in [1.807, 2.05) is 18.5 Å². The summed E-state index contributed by atoms with van der Waals surface area (Å²) in [6.45, 7) is 4.14. The molecule has 0 bridgehead atoms. The Balaban J connectivity index is 2.26. The summed E-state index contributed by atoms with van der Waals surface area (Å²) in [5, 5.41) is 13.6. The quantitative estimate of drug-likeness (QED) is 0.636. The van der Waals surface area contributed by atoms with Crippen molar-refractivity contribution in [2.45, 2.75) is 32.9 Å². The Morgan fingerprint density at radius 2 is 2.38 bits per heavy atom. The number of rotatable bonds is 7. The molecule has 2 N–H and O–H groups in total. The number of aromatic nitrogens is 3. The van der Waals surface area contributed by atoms with Crippen LogP contribution in [0.15, 0.2) is 6.33 Å². The predicted octanol–water partition coefficient (Wildman–Crippen LogP) is -0.0862. The van der Waals surface area contributed by atoms with E-state index in [9.17, 15) is 4.79 Å². The van der Waals surface area contributed by atoms with Crippen molar-refractivity contribution < 1.29 is 4.79 Å². The lowest BCUT2D eigenvalue weighted by molar-refractivity contribution is -0.121. The van der Waals surface area contributed by atoms with Crippen LogP contribution in [-0.2, 0) is 17.9 Å². The summed E-state index contributed by atoms with van der Waals surface area (Å²) in [5.74, 6) is 0.852. The van der Waals surface area contributed by atoms with Gasteiger partial charge in [-0.25, -0.2) is 0 Å². The Morgan fingerprint density at radius 3 is 3.06 bits per heavy atom. The van der Waals surface area contributed by atoms with E-state index in [-0.39, 0.29) is 5.91 Å². The van der Waals surface area contributed by atoms with Crippen LogP contribution in [0, 0.1) is 0 Å². The molecule has 0 spiro atoms. The molecule has 1 rings (SSSR count). The molecule has 0 aliphatic rings. The van der Waals surface area contributed by atoms with E-state index in [4.69, 9.17) is 0 Å². The SMILES string of the molecule is CCn1cnnc1CNC(=O)CCCNC. The second-order valence-electron chi connectivity index (χ2n) is 3.52. The number of hydrogen-bond donors (Lipinski definition) is 2. The zero-order chi connectivity index (χ0) is 11.8. The van der Waals surface area contributed by atoms with Crippen molar-refractivity contribution in [3.05, 3.63) is 12.2 Å². The van der Waals surface area contributed by atoms with Crippen molar-refractivity contribution in [2.24, 2.45) is 0 Å². The van der Waals surface area contributed by atoms with Gasteiger partial charge in [0.2, 0.25) is 5.91 Å².